The second-order valence-corrected chi connectivity index (χ2v) is 9.23. The second kappa shape index (κ2) is 10.4. The van der Waals surface area contributed by atoms with Crippen molar-refractivity contribution in [2.24, 2.45) is 0 Å². The first-order chi connectivity index (χ1) is 17.1. The number of amides is 2. The molecule has 1 spiro atoms. The molecule has 0 radical (unpaired) electrons. The number of rotatable bonds is 6. The normalized spacial score (nSPS) is 17.2. The van der Waals surface area contributed by atoms with Crippen LogP contribution < -0.4 is 5.32 Å². The van der Waals surface area contributed by atoms with Gasteiger partial charge in [0, 0.05) is 37.6 Å². The van der Waals surface area contributed by atoms with E-state index in [1.165, 1.54) is 24.3 Å². The van der Waals surface area contributed by atoms with Crippen molar-refractivity contribution in [3.63, 3.8) is 0 Å². The second-order valence-electron chi connectivity index (χ2n) is 8.21. The van der Waals surface area contributed by atoms with E-state index in [9.17, 15) is 32.9 Å². The number of thioether (sulfide) groups is 1. The van der Waals surface area contributed by atoms with Crippen molar-refractivity contribution in [2.45, 2.75) is 29.7 Å². The minimum Gasteiger partial charge on any atom is -0.347 e. The van der Waals surface area contributed by atoms with E-state index in [2.05, 4.69) is 5.32 Å². The number of nitro benzene ring substituents is 1. The number of halogens is 3. The average molecular weight is 526 g/mol. The molecule has 4 rings (SSSR count). The smallest absolute Gasteiger partial charge is 0.347 e. The molecule has 0 unspecified atom stereocenters. The van der Waals surface area contributed by atoms with E-state index in [1.807, 2.05) is 0 Å². The number of nitrogens with one attached hydrogen (secondary N) is 1. The van der Waals surface area contributed by atoms with Gasteiger partial charge in [-0.15, -0.1) is 11.8 Å². The van der Waals surface area contributed by atoms with Crippen LogP contribution in [0.1, 0.15) is 28.8 Å². The Labute approximate surface area is 208 Å². The largest absolute Gasteiger partial charge is 0.418 e. The van der Waals surface area contributed by atoms with Crippen molar-refractivity contribution in [2.75, 3.05) is 37.4 Å². The molecule has 2 saturated heterocycles. The molecule has 2 aromatic carbocycles. The Morgan fingerprint density at radius 3 is 2.42 bits per heavy atom. The molecule has 36 heavy (non-hydrogen) atoms. The number of hydrogen-bond donors (Lipinski definition) is 1. The number of likely N-dealkylation sites (tertiary alicyclic amines) is 1. The number of piperidine rings is 1. The summed E-state index contributed by atoms with van der Waals surface area (Å²) in [5, 5.41) is 13.8. The molecule has 0 saturated carbocycles. The van der Waals surface area contributed by atoms with Crippen molar-refractivity contribution in [1.29, 1.82) is 0 Å². The van der Waals surface area contributed by atoms with Gasteiger partial charge in [0.05, 0.1) is 40.0 Å². The molecule has 2 amide bonds. The van der Waals surface area contributed by atoms with E-state index in [0.717, 1.165) is 30.0 Å². The van der Waals surface area contributed by atoms with Crippen LogP contribution in [0.3, 0.4) is 0 Å². The third-order valence-electron chi connectivity index (χ3n) is 5.94. The lowest BCUT2D eigenvalue weighted by molar-refractivity contribution is -0.387. The third-order valence-corrected chi connectivity index (χ3v) is 6.99. The lowest BCUT2D eigenvalue weighted by atomic mass is 10.0. The molecule has 13 heteroatoms. The number of para-hydroxylation sites is 1. The number of hydrogen-bond acceptors (Lipinski definition) is 7. The van der Waals surface area contributed by atoms with Gasteiger partial charge in [-0.1, -0.05) is 12.1 Å². The fourth-order valence-electron chi connectivity index (χ4n) is 4.07. The summed E-state index contributed by atoms with van der Waals surface area (Å²) in [5.74, 6) is -1.81. The fourth-order valence-corrected chi connectivity index (χ4v) is 4.98. The third kappa shape index (κ3) is 5.79. The summed E-state index contributed by atoms with van der Waals surface area (Å²) in [6.45, 7) is 1.94. The quantitative estimate of drug-likeness (QED) is 0.340. The van der Waals surface area contributed by atoms with E-state index < -0.39 is 39.7 Å². The Hall–Kier alpha value is -3.16. The lowest BCUT2D eigenvalue weighted by Gasteiger charge is -2.37. The first kappa shape index (κ1) is 25.9. The monoisotopic (exact) mass is 525 g/mol. The number of nitro groups is 1. The summed E-state index contributed by atoms with van der Waals surface area (Å²) in [6.07, 6.45) is -3.59. The standard InChI is InChI=1S/C23H22F3N3O6S/c24-23(25,26)16-3-1-2-4-17(16)27-21(31)15-5-6-19(18(13-15)29(32)33)36-14-20(30)28-9-7-22(8-10-28)34-11-12-35-22/h1-6,13H,7-12,14H2,(H,27,31). The molecule has 1 N–H and O–H groups in total. The number of anilines is 1. The highest BCUT2D eigenvalue weighted by atomic mass is 32.2. The number of carbonyl (C=O) groups excluding carboxylic acids is 2. The van der Waals surface area contributed by atoms with Gasteiger partial charge >= 0.3 is 6.18 Å². The zero-order valence-corrected chi connectivity index (χ0v) is 19.7. The molecule has 2 aromatic rings. The van der Waals surface area contributed by atoms with Crippen molar-refractivity contribution < 1.29 is 37.2 Å². The molecule has 0 aromatic heterocycles. The van der Waals surface area contributed by atoms with Crippen LogP contribution >= 0.6 is 11.8 Å². The topological polar surface area (TPSA) is 111 Å². The van der Waals surface area contributed by atoms with Gasteiger partial charge in [0.2, 0.25) is 5.91 Å². The molecule has 2 fully saturated rings. The average Bonchev–Trinajstić information content (AvgIpc) is 3.30. The number of ether oxygens (including phenoxy) is 2. The van der Waals surface area contributed by atoms with Crippen LogP contribution in [0.5, 0.6) is 0 Å². The highest BCUT2D eigenvalue weighted by molar-refractivity contribution is 8.00. The van der Waals surface area contributed by atoms with Gasteiger partial charge in [-0.2, -0.15) is 13.2 Å². The summed E-state index contributed by atoms with van der Waals surface area (Å²) < 4.78 is 50.9. The Bertz CT molecular complexity index is 1160. The maximum absolute atomic E-state index is 13.2. The van der Waals surface area contributed by atoms with Gasteiger partial charge in [0.15, 0.2) is 5.79 Å². The molecular weight excluding hydrogens is 503 g/mol. The van der Waals surface area contributed by atoms with Gasteiger partial charge in [0.1, 0.15) is 0 Å². The van der Waals surface area contributed by atoms with Crippen molar-refractivity contribution in [1.82, 2.24) is 4.90 Å². The molecule has 2 aliphatic rings. The predicted octanol–water partition coefficient (Wildman–Crippen LogP) is 4.32. The van der Waals surface area contributed by atoms with Crippen LogP contribution in [0.25, 0.3) is 0 Å². The van der Waals surface area contributed by atoms with Gasteiger partial charge < -0.3 is 19.7 Å². The van der Waals surface area contributed by atoms with Crippen molar-refractivity contribution in [3.8, 4) is 0 Å². The molecule has 0 atom stereocenters. The Morgan fingerprint density at radius 2 is 1.78 bits per heavy atom. The molecule has 0 bridgehead atoms. The van der Waals surface area contributed by atoms with E-state index in [4.69, 9.17) is 9.47 Å². The molecule has 2 heterocycles. The van der Waals surface area contributed by atoms with Crippen LogP contribution in [0.4, 0.5) is 24.5 Å². The highest BCUT2D eigenvalue weighted by Gasteiger charge is 2.40. The minimum atomic E-state index is -4.69. The highest BCUT2D eigenvalue weighted by Crippen LogP contribution is 2.36. The van der Waals surface area contributed by atoms with Gasteiger partial charge in [0.25, 0.3) is 11.6 Å². The number of benzene rings is 2. The zero-order chi connectivity index (χ0) is 25.9. The molecule has 192 valence electrons. The lowest BCUT2D eigenvalue weighted by Crippen LogP contribution is -2.47. The van der Waals surface area contributed by atoms with Crippen LogP contribution in [-0.2, 0) is 20.4 Å². The maximum atomic E-state index is 13.2. The number of carbonyl (C=O) groups is 2. The summed E-state index contributed by atoms with van der Waals surface area (Å²) in [7, 11) is 0. The first-order valence-corrected chi connectivity index (χ1v) is 12.0. The maximum Gasteiger partial charge on any atom is 0.418 e. The Balaban J connectivity index is 1.41. The van der Waals surface area contributed by atoms with Crippen LogP contribution in [0, 0.1) is 10.1 Å². The van der Waals surface area contributed by atoms with Crippen LogP contribution in [0.15, 0.2) is 47.4 Å². The number of alkyl halides is 3. The zero-order valence-electron chi connectivity index (χ0n) is 18.9. The van der Waals surface area contributed by atoms with Crippen LogP contribution in [-0.4, -0.2) is 59.5 Å². The van der Waals surface area contributed by atoms with Gasteiger partial charge in [-0.05, 0) is 24.3 Å². The van der Waals surface area contributed by atoms with Gasteiger partial charge in [-0.3, -0.25) is 19.7 Å². The van der Waals surface area contributed by atoms with Crippen molar-refractivity contribution >= 4 is 35.0 Å². The Kier molecular flexibility index (Phi) is 7.52. The predicted molar refractivity (Wildman–Crippen MR) is 124 cm³/mol. The van der Waals surface area contributed by atoms with Gasteiger partial charge in [-0.25, -0.2) is 0 Å². The first-order valence-electron chi connectivity index (χ1n) is 11.0. The SMILES string of the molecule is O=C(Nc1ccccc1C(F)(F)F)c1ccc(SCC(=O)N2CCC3(CC2)OCCO3)c([N+](=O)[O-])c1. The summed E-state index contributed by atoms with van der Waals surface area (Å²) in [5.41, 5.74) is -2.10. The minimum absolute atomic E-state index is 0.0555. The van der Waals surface area contributed by atoms with E-state index >= 15 is 0 Å². The molecule has 2 aliphatic heterocycles. The fraction of sp³-hybridized carbons (Fsp3) is 0.391. The number of nitrogens with zero attached hydrogens (tertiary/aromatic N) is 2. The van der Waals surface area contributed by atoms with E-state index in [-0.39, 0.29) is 22.1 Å². The van der Waals surface area contributed by atoms with E-state index in [0.29, 0.717) is 39.1 Å². The summed E-state index contributed by atoms with van der Waals surface area (Å²) >= 11 is 0.955. The van der Waals surface area contributed by atoms with Crippen LogP contribution in [0.2, 0.25) is 0 Å². The molecule has 9 nitrogen and oxygen atoms in total. The van der Waals surface area contributed by atoms with Crippen molar-refractivity contribution in [3.05, 3.63) is 63.7 Å². The summed E-state index contributed by atoms with van der Waals surface area (Å²) in [6, 6.07) is 8.01. The Morgan fingerprint density at radius 1 is 1.11 bits per heavy atom. The molecule has 0 aliphatic carbocycles. The van der Waals surface area contributed by atoms with E-state index in [1.54, 1.807) is 4.90 Å². The summed E-state index contributed by atoms with van der Waals surface area (Å²) in [4.78, 5) is 37.9. The molecular formula is C23H22F3N3O6S.